The van der Waals surface area contributed by atoms with E-state index in [9.17, 15) is 0 Å². The first-order valence-electron chi connectivity index (χ1n) is 9.88. The summed E-state index contributed by atoms with van der Waals surface area (Å²) in [5, 5.41) is 2.60. The van der Waals surface area contributed by atoms with Gasteiger partial charge in [-0.1, -0.05) is 13.0 Å². The van der Waals surface area contributed by atoms with Crippen LogP contribution in [0.3, 0.4) is 0 Å². The summed E-state index contributed by atoms with van der Waals surface area (Å²) in [6.07, 6.45) is 4.64. The van der Waals surface area contributed by atoms with E-state index in [4.69, 9.17) is 0 Å². The number of aromatic nitrogens is 2. The predicted molar refractivity (Wildman–Crippen MR) is 112 cm³/mol. The number of rotatable bonds is 2. The first-order valence-corrected chi connectivity index (χ1v) is 9.88. The summed E-state index contributed by atoms with van der Waals surface area (Å²) in [6, 6.07) is 22.7. The van der Waals surface area contributed by atoms with Crippen molar-refractivity contribution in [3.8, 4) is 0 Å². The Kier molecular flexibility index (Phi) is 3.04. The molecule has 0 atom stereocenters. The van der Waals surface area contributed by atoms with Gasteiger partial charge in [-0.2, -0.15) is 8.80 Å². The topological polar surface area (TPSA) is 11.8 Å². The molecule has 0 saturated carbocycles. The number of pyridine rings is 2. The van der Waals surface area contributed by atoms with Crippen LogP contribution in [0.4, 0.5) is 5.69 Å². The van der Waals surface area contributed by atoms with E-state index >= 15 is 0 Å². The maximum absolute atomic E-state index is 2.45. The zero-order valence-corrected chi connectivity index (χ0v) is 15.5. The molecule has 6 rings (SSSR count). The van der Waals surface area contributed by atoms with E-state index in [1.165, 1.54) is 63.7 Å². The lowest BCUT2D eigenvalue weighted by Gasteiger charge is -2.33. The van der Waals surface area contributed by atoms with Gasteiger partial charge in [0.2, 0.25) is 0 Å². The van der Waals surface area contributed by atoms with Gasteiger partial charge in [0.05, 0.1) is 0 Å². The minimum Gasteiger partial charge on any atom is -0.371 e. The summed E-state index contributed by atoms with van der Waals surface area (Å²) in [6.45, 7) is 4.58. The lowest BCUT2D eigenvalue weighted by molar-refractivity contribution is -0.479. The largest absolute Gasteiger partial charge is 0.371 e. The van der Waals surface area contributed by atoms with Crippen LogP contribution in [0.15, 0.2) is 66.9 Å². The van der Waals surface area contributed by atoms with E-state index in [-0.39, 0.29) is 0 Å². The van der Waals surface area contributed by atoms with Gasteiger partial charge in [-0.15, -0.1) is 0 Å². The molecule has 1 saturated heterocycles. The fourth-order valence-electron chi connectivity index (χ4n) is 4.39. The number of nitrogens with zero attached hydrogens (tertiary/aromatic N) is 3. The SMILES string of the molecule is CCc1ccc2c(ccc3c[n+]4c5ccc(N6CCC6)cc5ccc4n32)c1. The molecule has 0 radical (unpaired) electrons. The Labute approximate surface area is 158 Å². The van der Waals surface area contributed by atoms with E-state index in [1.54, 1.807) is 0 Å². The first kappa shape index (κ1) is 15.0. The second-order valence-corrected chi connectivity index (χ2v) is 7.61. The fourth-order valence-corrected chi connectivity index (χ4v) is 4.39. The van der Waals surface area contributed by atoms with Gasteiger partial charge in [0.1, 0.15) is 17.2 Å². The highest BCUT2D eigenvalue weighted by Crippen LogP contribution is 2.26. The quantitative estimate of drug-likeness (QED) is 0.417. The lowest BCUT2D eigenvalue weighted by atomic mass is 10.1. The van der Waals surface area contributed by atoms with Crippen LogP contribution in [0.25, 0.3) is 33.0 Å². The van der Waals surface area contributed by atoms with Crippen LogP contribution in [0.2, 0.25) is 0 Å². The molecule has 0 spiro atoms. The summed E-state index contributed by atoms with van der Waals surface area (Å²) in [5.41, 5.74) is 7.70. The Hall–Kier alpha value is -3.07. The van der Waals surface area contributed by atoms with Crippen molar-refractivity contribution in [1.29, 1.82) is 0 Å². The number of benzene rings is 2. The number of aryl methyl sites for hydroxylation is 1. The summed E-state index contributed by atoms with van der Waals surface area (Å²) in [5.74, 6) is 0. The Morgan fingerprint density at radius 2 is 1.78 bits per heavy atom. The van der Waals surface area contributed by atoms with Crippen molar-refractivity contribution >= 4 is 38.7 Å². The molecule has 0 N–H and O–H groups in total. The second-order valence-electron chi connectivity index (χ2n) is 7.61. The van der Waals surface area contributed by atoms with Crippen molar-refractivity contribution in [2.75, 3.05) is 18.0 Å². The minimum atomic E-state index is 1.07. The third kappa shape index (κ3) is 2.11. The fraction of sp³-hybridized carbons (Fsp3) is 0.208. The third-order valence-corrected chi connectivity index (χ3v) is 6.07. The molecule has 1 fully saturated rings. The van der Waals surface area contributed by atoms with Crippen LogP contribution in [0.5, 0.6) is 0 Å². The molecule has 0 amide bonds. The Morgan fingerprint density at radius 3 is 2.59 bits per heavy atom. The average Bonchev–Trinajstić information content (AvgIpc) is 3.05. The number of hydrogen-bond acceptors (Lipinski definition) is 1. The van der Waals surface area contributed by atoms with Crippen LogP contribution in [0, 0.1) is 0 Å². The smallest absolute Gasteiger partial charge is 0.292 e. The predicted octanol–water partition coefficient (Wildman–Crippen LogP) is 4.76. The molecule has 1 aliphatic heterocycles. The van der Waals surface area contributed by atoms with Crippen molar-refractivity contribution in [2.24, 2.45) is 0 Å². The Bertz CT molecular complexity index is 1340. The Morgan fingerprint density at radius 1 is 0.889 bits per heavy atom. The highest BCUT2D eigenvalue weighted by Gasteiger charge is 2.19. The van der Waals surface area contributed by atoms with Crippen molar-refractivity contribution in [2.45, 2.75) is 19.8 Å². The van der Waals surface area contributed by atoms with E-state index in [0.29, 0.717) is 0 Å². The highest BCUT2D eigenvalue weighted by molar-refractivity contribution is 5.87. The van der Waals surface area contributed by atoms with Crippen LogP contribution in [0.1, 0.15) is 18.9 Å². The van der Waals surface area contributed by atoms with E-state index in [1.807, 2.05) is 0 Å². The molecule has 2 aromatic carbocycles. The number of anilines is 1. The normalized spacial score (nSPS) is 14.5. The molecule has 0 aliphatic carbocycles. The van der Waals surface area contributed by atoms with Crippen molar-refractivity contribution in [3.05, 3.63) is 72.4 Å². The van der Waals surface area contributed by atoms with Gasteiger partial charge in [0.15, 0.2) is 5.52 Å². The van der Waals surface area contributed by atoms with Crippen LogP contribution in [-0.2, 0) is 6.42 Å². The van der Waals surface area contributed by atoms with Crippen molar-refractivity contribution in [1.82, 2.24) is 4.40 Å². The van der Waals surface area contributed by atoms with Gasteiger partial charge >= 0.3 is 0 Å². The first-order chi connectivity index (χ1) is 13.3. The highest BCUT2D eigenvalue weighted by atomic mass is 15.2. The van der Waals surface area contributed by atoms with Gasteiger partial charge in [0.25, 0.3) is 5.65 Å². The molecule has 4 heterocycles. The zero-order valence-electron chi connectivity index (χ0n) is 15.5. The van der Waals surface area contributed by atoms with Gasteiger partial charge in [-0.05, 0) is 66.9 Å². The van der Waals surface area contributed by atoms with E-state index < -0.39 is 0 Å². The second kappa shape index (κ2) is 5.46. The summed E-state index contributed by atoms with van der Waals surface area (Å²) < 4.78 is 4.70. The number of imidazole rings is 1. The van der Waals surface area contributed by atoms with Gasteiger partial charge in [-0.3, -0.25) is 0 Å². The molecule has 0 unspecified atom stereocenters. The number of fused-ring (bicyclic) bond motifs is 7. The summed E-state index contributed by atoms with van der Waals surface area (Å²) in [4.78, 5) is 2.45. The van der Waals surface area contributed by atoms with Gasteiger partial charge < -0.3 is 4.90 Å². The molecule has 1 aliphatic rings. The van der Waals surface area contributed by atoms with Crippen LogP contribution in [-0.4, -0.2) is 17.5 Å². The van der Waals surface area contributed by atoms with E-state index in [0.717, 1.165) is 6.42 Å². The van der Waals surface area contributed by atoms with Gasteiger partial charge in [-0.25, -0.2) is 0 Å². The molecule has 132 valence electrons. The van der Waals surface area contributed by atoms with E-state index in [2.05, 4.69) is 87.5 Å². The molecular weight excluding hydrogens is 330 g/mol. The van der Waals surface area contributed by atoms with Crippen molar-refractivity contribution < 1.29 is 4.40 Å². The maximum atomic E-state index is 2.45. The Balaban J connectivity index is 1.65. The molecular formula is C24H22N3+. The average molecular weight is 352 g/mol. The molecule has 27 heavy (non-hydrogen) atoms. The summed E-state index contributed by atoms with van der Waals surface area (Å²) >= 11 is 0. The third-order valence-electron chi connectivity index (χ3n) is 6.07. The maximum Gasteiger partial charge on any atom is 0.292 e. The van der Waals surface area contributed by atoms with Crippen LogP contribution < -0.4 is 9.30 Å². The zero-order chi connectivity index (χ0) is 18.0. The van der Waals surface area contributed by atoms with Crippen molar-refractivity contribution in [3.63, 3.8) is 0 Å². The summed E-state index contributed by atoms with van der Waals surface area (Å²) in [7, 11) is 0. The molecule has 3 nitrogen and oxygen atoms in total. The molecule has 5 aromatic rings. The number of hydrogen-bond donors (Lipinski definition) is 0. The molecule has 3 heteroatoms. The molecule has 0 bridgehead atoms. The monoisotopic (exact) mass is 352 g/mol. The minimum absolute atomic E-state index is 1.07. The standard InChI is InChI=1S/C24H22N3/c1-2-17-4-9-23-18(14-17)5-7-21-16-26-22-10-8-20(25-12-3-13-25)15-19(22)6-11-24(26)27(21)23/h4-11,14-16H,2-3,12-13H2,1H3/q+1. The van der Waals surface area contributed by atoms with Gasteiger partial charge in [0, 0.05) is 35.6 Å². The van der Waals surface area contributed by atoms with Crippen LogP contribution >= 0.6 is 0 Å². The molecule has 3 aromatic heterocycles. The lowest BCUT2D eigenvalue weighted by Crippen LogP contribution is -2.36.